The molecule has 82 valence electrons. The largest absolute Gasteiger partial charge is 0.397 e. The molecule has 0 bridgehead atoms. The van der Waals surface area contributed by atoms with Crippen LogP contribution in [0.5, 0.6) is 0 Å². The van der Waals surface area contributed by atoms with Gasteiger partial charge in [-0.1, -0.05) is 12.1 Å². The van der Waals surface area contributed by atoms with Crippen molar-refractivity contribution in [1.29, 1.82) is 0 Å². The molecule has 0 heterocycles. The highest BCUT2D eigenvalue weighted by Gasteiger charge is 2.03. The van der Waals surface area contributed by atoms with Gasteiger partial charge in [-0.3, -0.25) is 4.79 Å². The fourth-order valence-corrected chi connectivity index (χ4v) is 1.19. The molecule has 1 amide bonds. The molecule has 0 aliphatic heterocycles. The number of carbonyl (C=O) groups is 1. The molecule has 0 spiro atoms. The first-order chi connectivity index (χ1) is 7.11. The van der Waals surface area contributed by atoms with Crippen molar-refractivity contribution in [3.8, 4) is 0 Å². The molecule has 1 aromatic rings. The molecule has 4 nitrogen and oxygen atoms in total. The van der Waals surface area contributed by atoms with Crippen molar-refractivity contribution in [2.45, 2.75) is 6.42 Å². The third-order valence-electron chi connectivity index (χ3n) is 2.11. The summed E-state index contributed by atoms with van der Waals surface area (Å²) in [4.78, 5) is 12.9. The Hall–Kier alpha value is -1.71. The van der Waals surface area contributed by atoms with Crippen molar-refractivity contribution in [3.05, 3.63) is 24.3 Å². The van der Waals surface area contributed by atoms with Gasteiger partial charge < -0.3 is 16.0 Å². The lowest BCUT2D eigenvalue weighted by Crippen LogP contribution is -2.24. The molecular formula is C11H17N3O. The van der Waals surface area contributed by atoms with Crippen LogP contribution in [0.25, 0.3) is 0 Å². The van der Waals surface area contributed by atoms with E-state index in [1.165, 1.54) is 0 Å². The number of amides is 1. The number of hydrogen-bond donors (Lipinski definition) is 2. The number of para-hydroxylation sites is 2. The Labute approximate surface area is 90.1 Å². The zero-order valence-corrected chi connectivity index (χ0v) is 9.16. The summed E-state index contributed by atoms with van der Waals surface area (Å²) in [6.45, 7) is 0.602. The van der Waals surface area contributed by atoms with Crippen molar-refractivity contribution in [2.24, 2.45) is 0 Å². The third-order valence-corrected chi connectivity index (χ3v) is 2.11. The van der Waals surface area contributed by atoms with Gasteiger partial charge in [0.25, 0.3) is 0 Å². The molecular weight excluding hydrogens is 190 g/mol. The first kappa shape index (κ1) is 11.4. The lowest BCUT2D eigenvalue weighted by atomic mass is 10.2. The number of nitrogens with zero attached hydrogens (tertiary/aromatic N) is 1. The molecule has 15 heavy (non-hydrogen) atoms. The number of hydrogen-bond acceptors (Lipinski definition) is 3. The molecule has 0 aliphatic carbocycles. The quantitative estimate of drug-likeness (QED) is 0.728. The zero-order chi connectivity index (χ0) is 11.3. The van der Waals surface area contributed by atoms with Crippen LogP contribution in [-0.2, 0) is 4.79 Å². The van der Waals surface area contributed by atoms with E-state index >= 15 is 0 Å². The number of nitrogens with one attached hydrogen (secondary N) is 1. The minimum Gasteiger partial charge on any atom is -0.397 e. The van der Waals surface area contributed by atoms with Crippen LogP contribution >= 0.6 is 0 Å². The van der Waals surface area contributed by atoms with Gasteiger partial charge in [0.15, 0.2) is 0 Å². The minimum atomic E-state index is 0.108. The molecule has 0 radical (unpaired) electrons. The van der Waals surface area contributed by atoms with Crippen molar-refractivity contribution in [3.63, 3.8) is 0 Å². The molecule has 1 rings (SSSR count). The summed E-state index contributed by atoms with van der Waals surface area (Å²) in [6.07, 6.45) is 0.474. The molecule has 0 aliphatic rings. The van der Waals surface area contributed by atoms with Crippen LogP contribution in [0.1, 0.15) is 6.42 Å². The van der Waals surface area contributed by atoms with Crippen LogP contribution in [-0.4, -0.2) is 31.4 Å². The maximum atomic E-state index is 11.3. The third kappa shape index (κ3) is 3.50. The Kier molecular flexibility index (Phi) is 3.97. The van der Waals surface area contributed by atoms with Crippen molar-refractivity contribution < 1.29 is 4.79 Å². The number of carbonyl (C=O) groups excluding carboxylic acids is 1. The Bertz CT molecular complexity index is 336. The predicted molar refractivity (Wildman–Crippen MR) is 62.7 cm³/mol. The van der Waals surface area contributed by atoms with Crippen molar-refractivity contribution >= 4 is 17.3 Å². The van der Waals surface area contributed by atoms with Crippen LogP contribution in [0.3, 0.4) is 0 Å². The molecule has 0 saturated heterocycles. The van der Waals surface area contributed by atoms with Gasteiger partial charge in [-0.2, -0.15) is 0 Å². The topological polar surface area (TPSA) is 58.4 Å². The number of rotatable bonds is 4. The molecule has 0 fully saturated rings. The Morgan fingerprint density at radius 3 is 2.67 bits per heavy atom. The second-order valence-electron chi connectivity index (χ2n) is 3.55. The van der Waals surface area contributed by atoms with Gasteiger partial charge in [0.05, 0.1) is 11.4 Å². The number of nitrogens with two attached hydrogens (primary N) is 1. The van der Waals surface area contributed by atoms with Gasteiger partial charge in [-0.15, -0.1) is 0 Å². The first-order valence-electron chi connectivity index (χ1n) is 4.90. The molecule has 0 atom stereocenters. The van der Waals surface area contributed by atoms with E-state index in [-0.39, 0.29) is 5.91 Å². The van der Waals surface area contributed by atoms with Crippen molar-refractivity contribution in [2.75, 3.05) is 31.7 Å². The lowest BCUT2D eigenvalue weighted by molar-refractivity contribution is -0.128. The zero-order valence-electron chi connectivity index (χ0n) is 9.16. The average molecular weight is 207 g/mol. The first-order valence-corrected chi connectivity index (χ1v) is 4.90. The van der Waals surface area contributed by atoms with Gasteiger partial charge in [-0.25, -0.2) is 0 Å². The Morgan fingerprint density at radius 1 is 1.40 bits per heavy atom. The smallest absolute Gasteiger partial charge is 0.223 e. The summed E-state index contributed by atoms with van der Waals surface area (Å²) >= 11 is 0. The van der Waals surface area contributed by atoms with E-state index in [1.54, 1.807) is 19.0 Å². The summed E-state index contributed by atoms with van der Waals surface area (Å²) in [7, 11) is 3.50. The maximum absolute atomic E-state index is 11.3. The monoisotopic (exact) mass is 207 g/mol. The molecule has 1 aromatic carbocycles. The van der Waals surface area contributed by atoms with Gasteiger partial charge in [-0.05, 0) is 12.1 Å². The lowest BCUT2D eigenvalue weighted by Gasteiger charge is -2.12. The highest BCUT2D eigenvalue weighted by molar-refractivity contribution is 5.76. The van der Waals surface area contributed by atoms with Crippen LogP contribution in [0.2, 0.25) is 0 Å². The average Bonchev–Trinajstić information content (AvgIpc) is 2.20. The van der Waals surface area contributed by atoms with Gasteiger partial charge >= 0.3 is 0 Å². The van der Waals surface area contributed by atoms with Gasteiger partial charge in [0, 0.05) is 27.1 Å². The summed E-state index contributed by atoms with van der Waals surface area (Å²) < 4.78 is 0. The van der Waals surface area contributed by atoms with E-state index in [9.17, 15) is 4.79 Å². The molecule has 0 unspecified atom stereocenters. The molecule has 0 aromatic heterocycles. The van der Waals surface area contributed by atoms with Crippen molar-refractivity contribution in [1.82, 2.24) is 4.90 Å². The van der Waals surface area contributed by atoms with E-state index in [0.29, 0.717) is 18.7 Å². The fraction of sp³-hybridized carbons (Fsp3) is 0.364. The van der Waals surface area contributed by atoms with E-state index in [0.717, 1.165) is 5.69 Å². The Morgan fingerprint density at radius 2 is 2.07 bits per heavy atom. The number of nitrogen functional groups attached to an aromatic ring is 1. The summed E-state index contributed by atoms with van der Waals surface area (Å²) in [5.74, 6) is 0.108. The van der Waals surface area contributed by atoms with Gasteiger partial charge in [0.1, 0.15) is 0 Å². The highest BCUT2D eigenvalue weighted by Crippen LogP contribution is 2.16. The SMILES string of the molecule is CN(C)C(=O)CCNc1ccccc1N. The molecule has 3 N–H and O–H groups in total. The van der Waals surface area contributed by atoms with Crippen LogP contribution in [0.4, 0.5) is 11.4 Å². The summed E-state index contributed by atoms with van der Waals surface area (Å²) in [5.41, 5.74) is 7.32. The highest BCUT2D eigenvalue weighted by atomic mass is 16.2. The minimum absolute atomic E-state index is 0.108. The molecule has 0 saturated carbocycles. The normalized spacial score (nSPS) is 9.73. The fourth-order valence-electron chi connectivity index (χ4n) is 1.19. The van der Waals surface area contributed by atoms with E-state index < -0.39 is 0 Å². The van der Waals surface area contributed by atoms with Crippen LogP contribution in [0, 0.1) is 0 Å². The number of anilines is 2. The second kappa shape index (κ2) is 5.24. The number of benzene rings is 1. The Balaban J connectivity index is 2.38. The van der Waals surface area contributed by atoms with Crippen LogP contribution < -0.4 is 11.1 Å². The summed E-state index contributed by atoms with van der Waals surface area (Å²) in [6, 6.07) is 7.52. The predicted octanol–water partition coefficient (Wildman–Crippen LogP) is 1.16. The van der Waals surface area contributed by atoms with Gasteiger partial charge in [0.2, 0.25) is 5.91 Å². The van der Waals surface area contributed by atoms with Crippen LogP contribution in [0.15, 0.2) is 24.3 Å². The summed E-state index contributed by atoms with van der Waals surface area (Å²) in [5, 5.41) is 3.13. The second-order valence-corrected chi connectivity index (χ2v) is 3.55. The van der Waals surface area contributed by atoms with E-state index in [4.69, 9.17) is 5.73 Å². The van der Waals surface area contributed by atoms with E-state index in [2.05, 4.69) is 5.32 Å². The molecule has 4 heteroatoms. The van der Waals surface area contributed by atoms with E-state index in [1.807, 2.05) is 24.3 Å². The standard InChI is InChI=1S/C11H17N3O/c1-14(2)11(15)7-8-13-10-6-4-3-5-9(10)12/h3-6,13H,7-8,12H2,1-2H3. The maximum Gasteiger partial charge on any atom is 0.223 e.